The van der Waals surface area contributed by atoms with E-state index in [1.165, 1.54) is 0 Å². The van der Waals surface area contributed by atoms with Crippen LogP contribution in [0.5, 0.6) is 5.75 Å². The van der Waals surface area contributed by atoms with E-state index < -0.39 is 0 Å². The normalized spacial score (nSPS) is 11.1. The number of aromatic nitrogens is 3. The highest BCUT2D eigenvalue weighted by atomic mass is 16.5. The van der Waals surface area contributed by atoms with Crippen LogP contribution in [0.15, 0.2) is 79.3 Å². The number of pyridine rings is 3. The summed E-state index contributed by atoms with van der Waals surface area (Å²) in [4.78, 5) is 41.2. The highest BCUT2D eigenvalue weighted by Crippen LogP contribution is 2.28. The van der Waals surface area contributed by atoms with E-state index in [2.05, 4.69) is 36.2 Å². The first-order valence-electron chi connectivity index (χ1n) is 16.3. The van der Waals surface area contributed by atoms with Gasteiger partial charge in [0.2, 0.25) is 5.91 Å². The average Bonchev–Trinajstić information content (AvgIpc) is 3.08. The largest absolute Gasteiger partial charge is 0.484 e. The van der Waals surface area contributed by atoms with Crippen molar-refractivity contribution in [3.8, 4) is 5.75 Å². The van der Waals surface area contributed by atoms with Gasteiger partial charge in [0.15, 0.2) is 6.61 Å². The van der Waals surface area contributed by atoms with Gasteiger partial charge < -0.3 is 31.7 Å². The molecule has 3 aromatic heterocycles. The second-order valence-corrected chi connectivity index (χ2v) is 11.2. The van der Waals surface area contributed by atoms with E-state index in [9.17, 15) is 9.59 Å². The summed E-state index contributed by atoms with van der Waals surface area (Å²) in [6.45, 7) is 6.00. The Balaban J connectivity index is 1.25. The molecule has 0 saturated carbocycles. The maximum absolute atomic E-state index is 13.4. The summed E-state index contributed by atoms with van der Waals surface area (Å²) in [5.74, 6) is 0.0468. The second kappa shape index (κ2) is 20.6. The van der Waals surface area contributed by atoms with Gasteiger partial charge in [-0.05, 0) is 94.8 Å². The van der Waals surface area contributed by atoms with Gasteiger partial charge in [-0.25, -0.2) is 0 Å². The van der Waals surface area contributed by atoms with Crippen molar-refractivity contribution in [3.05, 3.63) is 90.6 Å². The van der Waals surface area contributed by atoms with E-state index in [4.69, 9.17) is 10.5 Å². The number of amides is 2. The number of nitrogens with one attached hydrogen (secondary N) is 4. The molecule has 4 aromatic rings. The van der Waals surface area contributed by atoms with E-state index in [-0.39, 0.29) is 25.0 Å². The molecule has 250 valence electrons. The SMILES string of the molecule is NCCCNCCCCNCCCNC(=O)COc1cc(NC(=O)CN(Cc2ccccn2)Cc2ccccn2)c2ncccc2c1. The average molecular weight is 642 g/mol. The summed E-state index contributed by atoms with van der Waals surface area (Å²) in [5.41, 5.74) is 8.34. The van der Waals surface area contributed by atoms with E-state index >= 15 is 0 Å². The molecule has 0 atom stereocenters. The van der Waals surface area contributed by atoms with Crippen LogP contribution < -0.4 is 31.7 Å². The lowest BCUT2D eigenvalue weighted by atomic mass is 10.1. The molecule has 12 heteroatoms. The Morgan fingerprint density at radius 3 is 2.04 bits per heavy atom. The molecule has 4 rings (SSSR count). The fourth-order valence-corrected chi connectivity index (χ4v) is 4.96. The first-order chi connectivity index (χ1) is 23.1. The van der Waals surface area contributed by atoms with Crippen molar-refractivity contribution < 1.29 is 14.3 Å². The molecule has 12 nitrogen and oxygen atoms in total. The molecule has 2 amide bonds. The van der Waals surface area contributed by atoms with Crippen molar-refractivity contribution in [3.63, 3.8) is 0 Å². The van der Waals surface area contributed by atoms with Gasteiger partial charge in [0.25, 0.3) is 5.91 Å². The first kappa shape index (κ1) is 35.4. The third-order valence-electron chi connectivity index (χ3n) is 7.28. The van der Waals surface area contributed by atoms with E-state index in [0.29, 0.717) is 36.6 Å². The van der Waals surface area contributed by atoms with Crippen molar-refractivity contribution in [1.82, 2.24) is 35.8 Å². The summed E-state index contributed by atoms with van der Waals surface area (Å²) in [5, 5.41) is 13.5. The highest BCUT2D eigenvalue weighted by molar-refractivity contribution is 6.01. The minimum Gasteiger partial charge on any atom is -0.484 e. The first-order valence-corrected chi connectivity index (χ1v) is 16.3. The van der Waals surface area contributed by atoms with Gasteiger partial charge >= 0.3 is 0 Å². The minimum absolute atomic E-state index is 0.107. The molecular weight excluding hydrogens is 594 g/mol. The lowest BCUT2D eigenvalue weighted by Gasteiger charge is -2.21. The number of hydrogen-bond donors (Lipinski definition) is 5. The lowest BCUT2D eigenvalue weighted by Crippen LogP contribution is -2.33. The van der Waals surface area contributed by atoms with Crippen molar-refractivity contribution >= 4 is 28.4 Å². The number of unbranched alkanes of at least 4 members (excludes halogenated alkanes) is 1. The minimum atomic E-state index is -0.216. The zero-order chi connectivity index (χ0) is 32.9. The van der Waals surface area contributed by atoms with Gasteiger partial charge in [-0.1, -0.05) is 18.2 Å². The standard InChI is InChI=1S/C35H47N9O3/c36-13-8-16-37-14-5-6-15-38-17-9-21-41-34(46)27-47-31-22-28-10-7-20-42-35(28)32(23-31)43-33(45)26-44(24-29-11-1-3-18-39-29)25-30-12-2-4-19-40-30/h1-4,7,10-12,18-20,22-23,37-38H,5-6,8-9,13-17,21,24-27,36H2,(H,41,46)(H,43,45). The van der Waals surface area contributed by atoms with Crippen LogP contribution in [0.1, 0.15) is 37.1 Å². The van der Waals surface area contributed by atoms with Crippen LogP contribution in [0.2, 0.25) is 0 Å². The van der Waals surface area contributed by atoms with E-state index in [1.807, 2.05) is 59.5 Å². The number of rotatable bonds is 22. The quantitative estimate of drug-likeness (QED) is 0.0808. The summed E-state index contributed by atoms with van der Waals surface area (Å²) in [6, 6.07) is 18.7. The number of ether oxygens (including phenoxy) is 1. The third kappa shape index (κ3) is 13.4. The van der Waals surface area contributed by atoms with Crippen LogP contribution >= 0.6 is 0 Å². The Morgan fingerprint density at radius 1 is 0.723 bits per heavy atom. The molecule has 6 N–H and O–H groups in total. The van der Waals surface area contributed by atoms with Gasteiger partial charge in [0, 0.05) is 49.7 Å². The number of benzene rings is 1. The number of carbonyl (C=O) groups excluding carboxylic acids is 2. The fourth-order valence-electron chi connectivity index (χ4n) is 4.96. The molecule has 0 radical (unpaired) electrons. The van der Waals surface area contributed by atoms with Crippen LogP contribution in [-0.2, 0) is 22.7 Å². The predicted molar refractivity (Wildman–Crippen MR) is 185 cm³/mol. The number of nitrogens with two attached hydrogens (primary N) is 1. The number of anilines is 1. The smallest absolute Gasteiger partial charge is 0.257 e. The zero-order valence-corrected chi connectivity index (χ0v) is 27.0. The monoisotopic (exact) mass is 641 g/mol. The van der Waals surface area contributed by atoms with Crippen molar-refractivity contribution in [2.45, 2.75) is 38.8 Å². The van der Waals surface area contributed by atoms with Crippen LogP contribution in [-0.4, -0.2) is 84.1 Å². The van der Waals surface area contributed by atoms with Crippen LogP contribution in [0.4, 0.5) is 5.69 Å². The topological polar surface area (TPSA) is 159 Å². The van der Waals surface area contributed by atoms with Crippen LogP contribution in [0.25, 0.3) is 10.9 Å². The Kier molecular flexibility index (Phi) is 15.5. The van der Waals surface area contributed by atoms with Gasteiger partial charge in [0.1, 0.15) is 5.75 Å². The number of fused-ring (bicyclic) bond motifs is 1. The lowest BCUT2D eigenvalue weighted by molar-refractivity contribution is -0.123. The van der Waals surface area contributed by atoms with Crippen molar-refractivity contribution in [2.24, 2.45) is 5.73 Å². The van der Waals surface area contributed by atoms with Crippen LogP contribution in [0, 0.1) is 0 Å². The fraction of sp³-hybridized carbons (Fsp3) is 0.400. The van der Waals surface area contributed by atoms with Crippen molar-refractivity contribution in [1.29, 1.82) is 0 Å². The summed E-state index contributed by atoms with van der Waals surface area (Å²) >= 11 is 0. The molecule has 47 heavy (non-hydrogen) atoms. The Morgan fingerprint density at radius 2 is 1.38 bits per heavy atom. The Hall–Kier alpha value is -4.49. The molecule has 0 spiro atoms. The van der Waals surface area contributed by atoms with Gasteiger partial charge in [0.05, 0.1) is 29.1 Å². The molecular formula is C35H47N9O3. The van der Waals surface area contributed by atoms with E-state index in [1.54, 1.807) is 24.7 Å². The number of hydrogen-bond acceptors (Lipinski definition) is 10. The molecule has 1 aromatic carbocycles. The summed E-state index contributed by atoms with van der Waals surface area (Å²) < 4.78 is 5.85. The Labute approximate surface area is 276 Å². The van der Waals surface area contributed by atoms with Crippen LogP contribution in [0.3, 0.4) is 0 Å². The van der Waals surface area contributed by atoms with Crippen molar-refractivity contribution in [2.75, 3.05) is 57.7 Å². The maximum Gasteiger partial charge on any atom is 0.257 e. The second-order valence-electron chi connectivity index (χ2n) is 11.2. The summed E-state index contributed by atoms with van der Waals surface area (Å²) in [6.07, 6.45) is 9.22. The third-order valence-corrected chi connectivity index (χ3v) is 7.28. The number of nitrogens with zero attached hydrogens (tertiary/aromatic N) is 4. The number of carbonyl (C=O) groups is 2. The van der Waals surface area contributed by atoms with Gasteiger partial charge in [-0.2, -0.15) is 0 Å². The molecule has 0 aliphatic rings. The molecule has 3 heterocycles. The molecule has 0 aliphatic heterocycles. The maximum atomic E-state index is 13.4. The molecule has 0 aliphatic carbocycles. The van der Waals surface area contributed by atoms with Gasteiger partial charge in [-0.15, -0.1) is 0 Å². The van der Waals surface area contributed by atoms with Gasteiger partial charge in [-0.3, -0.25) is 29.4 Å². The molecule has 0 fully saturated rings. The summed E-state index contributed by atoms with van der Waals surface area (Å²) in [7, 11) is 0. The molecule has 0 unspecified atom stereocenters. The molecule has 0 bridgehead atoms. The highest BCUT2D eigenvalue weighted by Gasteiger charge is 2.16. The predicted octanol–water partition coefficient (Wildman–Crippen LogP) is 2.86. The van der Waals surface area contributed by atoms with E-state index in [0.717, 1.165) is 75.2 Å². The zero-order valence-electron chi connectivity index (χ0n) is 27.0. The molecule has 0 saturated heterocycles. The Bertz CT molecular complexity index is 1450.